The van der Waals surface area contributed by atoms with Crippen molar-refractivity contribution in [1.82, 2.24) is 19.7 Å². The molecule has 4 heterocycles. The van der Waals surface area contributed by atoms with Crippen molar-refractivity contribution in [3.05, 3.63) is 71.2 Å². The van der Waals surface area contributed by atoms with Gasteiger partial charge in [-0.15, -0.1) is 11.3 Å². The second-order valence-electron chi connectivity index (χ2n) is 7.84. The highest BCUT2D eigenvalue weighted by molar-refractivity contribution is 7.21. The molecule has 174 valence electrons. The van der Waals surface area contributed by atoms with Crippen LogP contribution in [0.15, 0.2) is 55.0 Å². The van der Waals surface area contributed by atoms with Crippen molar-refractivity contribution in [2.24, 2.45) is 0 Å². The second-order valence-corrected chi connectivity index (χ2v) is 8.84. The Kier molecular flexibility index (Phi) is 4.92. The van der Waals surface area contributed by atoms with Gasteiger partial charge in [0.1, 0.15) is 21.9 Å². The van der Waals surface area contributed by atoms with Crippen LogP contribution in [-0.2, 0) is 11.3 Å². The lowest BCUT2D eigenvalue weighted by Gasteiger charge is -2.27. The van der Waals surface area contributed by atoms with E-state index in [0.717, 1.165) is 27.8 Å². The highest BCUT2D eigenvalue weighted by atomic mass is 32.1. The van der Waals surface area contributed by atoms with Gasteiger partial charge in [0.05, 0.1) is 41.6 Å². The third kappa shape index (κ3) is 3.48. The van der Waals surface area contributed by atoms with Crippen LogP contribution in [-0.4, -0.2) is 38.4 Å². The number of esters is 1. The molecule has 5 aromatic rings. The molecule has 3 aromatic heterocycles. The predicted molar refractivity (Wildman–Crippen MR) is 130 cm³/mol. The molecule has 9 nitrogen and oxygen atoms in total. The van der Waals surface area contributed by atoms with Crippen molar-refractivity contribution < 1.29 is 18.7 Å². The zero-order chi connectivity index (χ0) is 24.1. The Morgan fingerprint density at radius 2 is 2.09 bits per heavy atom. The number of benzene rings is 2. The smallest absolute Gasteiger partial charge is 0.350 e. The summed E-state index contributed by atoms with van der Waals surface area (Å²) in [6.07, 6.45) is 3.07. The number of carbonyl (C=O) groups is 2. The van der Waals surface area contributed by atoms with E-state index in [1.165, 1.54) is 23.4 Å². The monoisotopic (exact) mass is 488 g/mol. The van der Waals surface area contributed by atoms with Crippen LogP contribution in [0.3, 0.4) is 0 Å². The number of nitrogens with one attached hydrogen (secondary N) is 1. The molecule has 11 heteroatoms. The summed E-state index contributed by atoms with van der Waals surface area (Å²) in [4.78, 5) is 36.6. The summed E-state index contributed by atoms with van der Waals surface area (Å²) in [7, 11) is 0. The maximum absolute atomic E-state index is 13.6. The fourth-order valence-electron chi connectivity index (χ4n) is 4.19. The summed E-state index contributed by atoms with van der Waals surface area (Å²) >= 11 is 1.15. The number of aromatic nitrogens is 4. The van der Waals surface area contributed by atoms with E-state index in [-0.39, 0.29) is 17.3 Å². The highest BCUT2D eigenvalue weighted by Gasteiger charge is 2.34. The van der Waals surface area contributed by atoms with E-state index in [1.807, 2.05) is 18.2 Å². The van der Waals surface area contributed by atoms with E-state index in [1.54, 1.807) is 29.9 Å². The number of hydrogen-bond acceptors (Lipinski definition) is 7. The van der Waals surface area contributed by atoms with E-state index in [0.29, 0.717) is 34.0 Å². The largest absolute Gasteiger partial charge is 0.462 e. The number of thiophene rings is 1. The minimum atomic E-state index is -0.516. The van der Waals surface area contributed by atoms with Gasteiger partial charge in [0.15, 0.2) is 5.82 Å². The number of ether oxygens (including phenoxy) is 1. The number of fused-ring (bicyclic) bond motifs is 1. The average molecular weight is 489 g/mol. The van der Waals surface area contributed by atoms with Gasteiger partial charge in [-0.2, -0.15) is 5.10 Å². The second kappa shape index (κ2) is 8.13. The van der Waals surface area contributed by atoms with Crippen molar-refractivity contribution >= 4 is 61.6 Å². The Hall–Kier alpha value is -4.38. The topological polar surface area (TPSA) is 102 Å². The molecule has 1 N–H and O–H groups in total. The molecule has 1 aliphatic rings. The number of rotatable bonds is 5. The Balaban J connectivity index is 1.41. The van der Waals surface area contributed by atoms with Crippen molar-refractivity contribution in [3.63, 3.8) is 0 Å². The lowest BCUT2D eigenvalue weighted by molar-refractivity contribution is 0.0533. The number of amides is 2. The number of nitrogens with zero attached hydrogens (tertiary/aromatic N) is 5. The van der Waals surface area contributed by atoms with E-state index in [4.69, 9.17) is 4.74 Å². The average Bonchev–Trinajstić information content (AvgIpc) is 3.41. The normalized spacial score (nSPS) is 12.9. The van der Waals surface area contributed by atoms with E-state index in [9.17, 15) is 14.0 Å². The molecule has 0 atom stereocenters. The molecule has 0 saturated carbocycles. The minimum Gasteiger partial charge on any atom is -0.462 e. The zero-order valence-electron chi connectivity index (χ0n) is 18.4. The van der Waals surface area contributed by atoms with Gasteiger partial charge >= 0.3 is 12.0 Å². The standard InChI is InChI=1S/C24H17FN6O3S/c1-2-34-23(32)20-19-18-21(26-12-27-22(18)35-20)31(24(33)29-19)16-6-7-17-14(9-16)10-28-30(17)11-13-4-3-5-15(25)8-13/h3-10,12H,2,11H2,1H3,(H,29,33). The first-order valence-electron chi connectivity index (χ1n) is 10.8. The minimum absolute atomic E-state index is 0.220. The number of urea groups is 1. The molecule has 35 heavy (non-hydrogen) atoms. The quantitative estimate of drug-likeness (QED) is 0.346. The number of halogens is 1. The van der Waals surface area contributed by atoms with Gasteiger partial charge in [0.2, 0.25) is 0 Å². The summed E-state index contributed by atoms with van der Waals surface area (Å²) in [5.41, 5.74) is 2.57. The van der Waals surface area contributed by atoms with E-state index in [2.05, 4.69) is 20.4 Å². The van der Waals surface area contributed by atoms with Crippen LogP contribution >= 0.6 is 11.3 Å². The lowest BCUT2D eigenvalue weighted by Crippen LogP contribution is -2.34. The van der Waals surface area contributed by atoms with E-state index < -0.39 is 12.0 Å². The summed E-state index contributed by atoms with van der Waals surface area (Å²) in [6, 6.07) is 11.4. The van der Waals surface area contributed by atoms with Gasteiger partial charge < -0.3 is 10.1 Å². The molecule has 0 saturated heterocycles. The third-order valence-corrected chi connectivity index (χ3v) is 6.76. The van der Waals surface area contributed by atoms with Crippen LogP contribution in [0.2, 0.25) is 0 Å². The van der Waals surface area contributed by atoms with Gasteiger partial charge in [0.25, 0.3) is 0 Å². The molecule has 0 bridgehead atoms. The maximum Gasteiger partial charge on any atom is 0.350 e. The fourth-order valence-corrected chi connectivity index (χ4v) is 5.18. The fraction of sp³-hybridized carbons (Fsp3) is 0.125. The maximum atomic E-state index is 13.6. The Morgan fingerprint density at radius 1 is 1.20 bits per heavy atom. The van der Waals surface area contributed by atoms with Crippen molar-refractivity contribution in [3.8, 4) is 0 Å². The van der Waals surface area contributed by atoms with Crippen molar-refractivity contribution in [2.45, 2.75) is 13.5 Å². The number of anilines is 3. The van der Waals surface area contributed by atoms with E-state index >= 15 is 0 Å². The summed E-state index contributed by atoms with van der Waals surface area (Å²) in [5, 5.41) is 8.64. The summed E-state index contributed by atoms with van der Waals surface area (Å²) in [5.74, 6) is -0.433. The van der Waals surface area contributed by atoms with Crippen molar-refractivity contribution in [1.29, 1.82) is 0 Å². The molecule has 2 aromatic carbocycles. The van der Waals surface area contributed by atoms with Crippen molar-refractivity contribution in [2.75, 3.05) is 16.8 Å². The molecule has 0 fully saturated rings. The molecule has 6 rings (SSSR count). The summed E-state index contributed by atoms with van der Waals surface area (Å²) < 4.78 is 20.5. The zero-order valence-corrected chi connectivity index (χ0v) is 19.2. The highest BCUT2D eigenvalue weighted by Crippen LogP contribution is 2.45. The van der Waals surface area contributed by atoms with Gasteiger partial charge in [-0.1, -0.05) is 12.1 Å². The van der Waals surface area contributed by atoms with Crippen LogP contribution in [0.4, 0.5) is 26.4 Å². The van der Waals surface area contributed by atoms with Gasteiger partial charge in [-0.25, -0.2) is 28.8 Å². The molecule has 0 aliphatic carbocycles. The number of carbonyl (C=O) groups excluding carboxylic acids is 2. The van der Waals surface area contributed by atoms with Gasteiger partial charge in [-0.3, -0.25) is 4.68 Å². The van der Waals surface area contributed by atoms with Crippen LogP contribution in [0, 0.1) is 5.82 Å². The molecule has 1 aliphatic heterocycles. The molecular formula is C24H17FN6O3S. The first-order valence-corrected chi connectivity index (χ1v) is 11.6. The van der Waals surface area contributed by atoms with Gasteiger partial charge in [0, 0.05) is 5.39 Å². The first-order chi connectivity index (χ1) is 17.0. The summed E-state index contributed by atoms with van der Waals surface area (Å²) in [6.45, 7) is 2.35. The molecule has 0 unspecified atom stereocenters. The Labute approximate surface area is 201 Å². The SMILES string of the molecule is CCOC(=O)c1sc2ncnc3c2c1NC(=O)N3c1ccc2c(cnn2Cc2cccc(F)c2)c1. The van der Waals surface area contributed by atoms with Gasteiger partial charge in [-0.05, 0) is 42.8 Å². The van der Waals surface area contributed by atoms with Crippen LogP contribution in [0.5, 0.6) is 0 Å². The molecular weight excluding hydrogens is 471 g/mol. The first kappa shape index (κ1) is 21.2. The Morgan fingerprint density at radius 3 is 2.91 bits per heavy atom. The Bertz CT molecular complexity index is 1650. The molecule has 0 spiro atoms. The van der Waals surface area contributed by atoms with Crippen LogP contribution < -0.4 is 10.2 Å². The molecule has 0 radical (unpaired) electrons. The predicted octanol–water partition coefficient (Wildman–Crippen LogP) is 5.09. The lowest BCUT2D eigenvalue weighted by atomic mass is 10.1. The molecule has 2 amide bonds. The van der Waals surface area contributed by atoms with Crippen LogP contribution in [0.25, 0.3) is 21.1 Å². The number of hydrogen-bond donors (Lipinski definition) is 1. The van der Waals surface area contributed by atoms with Crippen LogP contribution in [0.1, 0.15) is 22.2 Å². The third-order valence-electron chi connectivity index (χ3n) is 5.68.